The second-order valence-electron chi connectivity index (χ2n) is 14.5. The molecule has 9 unspecified atom stereocenters. The van der Waals surface area contributed by atoms with Gasteiger partial charge in [-0.1, -0.05) is 43.6 Å². The van der Waals surface area contributed by atoms with E-state index >= 15 is 0 Å². The molecule has 0 radical (unpaired) electrons. The van der Waals surface area contributed by atoms with Crippen molar-refractivity contribution in [2.24, 2.45) is 35.0 Å². The Bertz CT molecular complexity index is 925. The quantitative estimate of drug-likeness (QED) is 0.511. The number of nitrogens with zero attached hydrogens (tertiary/aromatic N) is 2. The molecular formula is C32H52N2O2. The number of likely N-dealkylation sites (N-methyl/N-ethyl adjacent to an activating group) is 1. The van der Waals surface area contributed by atoms with Crippen LogP contribution in [0.2, 0.25) is 0 Å². The molecule has 2 aliphatic heterocycles. The number of piperidine rings is 1. The number of aliphatic hydroxyl groups excluding tert-OH is 1. The van der Waals surface area contributed by atoms with Crippen LogP contribution in [-0.4, -0.2) is 72.5 Å². The van der Waals surface area contributed by atoms with Crippen LogP contribution in [0.15, 0.2) is 22.8 Å². The van der Waals surface area contributed by atoms with Gasteiger partial charge in [-0.3, -0.25) is 4.90 Å². The third kappa shape index (κ3) is 4.00. The molecular weight excluding hydrogens is 444 g/mol. The molecule has 6 rings (SSSR count). The molecule has 1 N–H and O–H groups in total. The van der Waals surface area contributed by atoms with Crippen LogP contribution in [0.4, 0.5) is 0 Å². The fourth-order valence-corrected chi connectivity index (χ4v) is 10.2. The van der Waals surface area contributed by atoms with Gasteiger partial charge in [0.15, 0.2) is 0 Å². The van der Waals surface area contributed by atoms with Crippen molar-refractivity contribution in [2.75, 3.05) is 33.7 Å². The van der Waals surface area contributed by atoms with Crippen LogP contribution < -0.4 is 0 Å². The maximum Gasteiger partial charge on any atom is 0.0765 e. The highest BCUT2D eigenvalue weighted by Gasteiger charge is 2.59. The highest BCUT2D eigenvalue weighted by molar-refractivity contribution is 5.34. The molecule has 36 heavy (non-hydrogen) atoms. The number of likely N-dealkylation sites (tertiary alicyclic amines) is 1. The zero-order valence-electron chi connectivity index (χ0n) is 23.9. The first kappa shape index (κ1) is 25.6. The highest BCUT2D eigenvalue weighted by atomic mass is 16.5. The standard InChI is InChI=1S/C32H52N2O2/c1-20-15-29-30(34(19-20)14-13-33(5)6)22(3)32(36-29)12-10-25-26-8-7-23-16-24(35)9-11-31(23,4)28(26)17-27(25)21(2)18-32/h7,20,22,24-26,28-30,35H,8-19H2,1-6H3/t20?,22-,24?,25?,26?,28?,29?,30?,31?,32?/m1/s1. The molecule has 1 spiro atoms. The second-order valence-corrected chi connectivity index (χ2v) is 14.5. The number of fused-ring (bicyclic) bond motifs is 6. The topological polar surface area (TPSA) is 35.9 Å². The number of hydrogen-bond donors (Lipinski definition) is 1. The van der Waals surface area contributed by atoms with Crippen LogP contribution in [0.1, 0.15) is 85.5 Å². The van der Waals surface area contributed by atoms with Crippen molar-refractivity contribution in [1.82, 2.24) is 9.80 Å². The van der Waals surface area contributed by atoms with Crippen molar-refractivity contribution in [3.63, 3.8) is 0 Å². The van der Waals surface area contributed by atoms with E-state index in [2.05, 4.69) is 57.7 Å². The van der Waals surface area contributed by atoms with Crippen LogP contribution in [0, 0.1) is 35.0 Å². The molecule has 0 bridgehead atoms. The Kier molecular flexibility index (Phi) is 6.55. The SMILES string of the molecule is CC1=C2CC3C(CC=C4CC(O)CCC43C)C2CCC2(C1)OC1CC(C)CN(CCN(C)C)C1[C@H]2C. The number of hydrogen-bond acceptors (Lipinski definition) is 4. The van der Waals surface area contributed by atoms with Gasteiger partial charge >= 0.3 is 0 Å². The van der Waals surface area contributed by atoms with Gasteiger partial charge in [-0.05, 0) is 108 Å². The van der Waals surface area contributed by atoms with Crippen LogP contribution in [-0.2, 0) is 4.74 Å². The first-order chi connectivity index (χ1) is 17.1. The minimum absolute atomic E-state index is 0.0290. The number of allylic oxidation sites excluding steroid dienone is 2. The average Bonchev–Trinajstić information content (AvgIpc) is 3.28. The van der Waals surface area contributed by atoms with Crippen LogP contribution in [0.25, 0.3) is 0 Å². The van der Waals surface area contributed by atoms with E-state index in [0.717, 1.165) is 56.0 Å². The fraction of sp³-hybridized carbons (Fsp3) is 0.875. The van der Waals surface area contributed by atoms with E-state index in [9.17, 15) is 5.11 Å². The maximum absolute atomic E-state index is 10.3. The van der Waals surface area contributed by atoms with E-state index in [0.29, 0.717) is 23.5 Å². The summed E-state index contributed by atoms with van der Waals surface area (Å²) < 4.78 is 7.25. The number of aliphatic hydroxyl groups is 1. The summed E-state index contributed by atoms with van der Waals surface area (Å²) in [5.41, 5.74) is 5.41. The Labute approximate surface area is 220 Å². The molecule has 2 heterocycles. The van der Waals surface area contributed by atoms with Gasteiger partial charge < -0.3 is 14.7 Å². The molecule has 0 aromatic heterocycles. The molecule has 2 saturated carbocycles. The molecule has 2 saturated heterocycles. The summed E-state index contributed by atoms with van der Waals surface area (Å²) in [6.45, 7) is 13.5. The van der Waals surface area contributed by atoms with Crippen LogP contribution in [0.5, 0.6) is 0 Å². The fourth-order valence-electron chi connectivity index (χ4n) is 10.2. The van der Waals surface area contributed by atoms with E-state index in [-0.39, 0.29) is 11.7 Å². The van der Waals surface area contributed by atoms with Crippen molar-refractivity contribution in [2.45, 2.75) is 109 Å². The molecule has 10 atom stereocenters. The summed E-state index contributed by atoms with van der Waals surface area (Å²) in [7, 11) is 4.40. The number of rotatable bonds is 3. The highest BCUT2D eigenvalue weighted by Crippen LogP contribution is 2.63. The predicted molar refractivity (Wildman–Crippen MR) is 147 cm³/mol. The zero-order chi connectivity index (χ0) is 25.4. The normalized spacial score (nSPS) is 48.9. The van der Waals surface area contributed by atoms with E-state index in [1.165, 1.54) is 45.1 Å². The first-order valence-corrected chi connectivity index (χ1v) is 15.2. The van der Waals surface area contributed by atoms with Crippen molar-refractivity contribution < 1.29 is 9.84 Å². The molecule has 4 fully saturated rings. The Morgan fingerprint density at radius 2 is 1.97 bits per heavy atom. The lowest BCUT2D eigenvalue weighted by molar-refractivity contribution is -0.0794. The lowest BCUT2D eigenvalue weighted by atomic mass is 9.56. The van der Waals surface area contributed by atoms with Gasteiger partial charge in [-0.15, -0.1) is 0 Å². The third-order valence-electron chi connectivity index (χ3n) is 12.1. The monoisotopic (exact) mass is 496 g/mol. The summed E-state index contributed by atoms with van der Waals surface area (Å²) >= 11 is 0. The van der Waals surface area contributed by atoms with Gasteiger partial charge in [0, 0.05) is 31.6 Å². The molecule has 202 valence electrons. The summed E-state index contributed by atoms with van der Waals surface area (Å²) in [6.07, 6.45) is 13.4. The molecule has 0 aromatic carbocycles. The third-order valence-corrected chi connectivity index (χ3v) is 12.1. The average molecular weight is 497 g/mol. The molecule has 4 aliphatic carbocycles. The predicted octanol–water partition coefficient (Wildman–Crippen LogP) is 5.67. The van der Waals surface area contributed by atoms with E-state index in [1.807, 2.05) is 5.57 Å². The second kappa shape index (κ2) is 9.21. The van der Waals surface area contributed by atoms with Gasteiger partial charge in [0.1, 0.15) is 0 Å². The first-order valence-electron chi connectivity index (χ1n) is 15.2. The van der Waals surface area contributed by atoms with Gasteiger partial charge in [-0.25, -0.2) is 0 Å². The van der Waals surface area contributed by atoms with E-state index in [4.69, 9.17) is 4.74 Å². The Morgan fingerprint density at radius 3 is 2.75 bits per heavy atom. The zero-order valence-corrected chi connectivity index (χ0v) is 23.9. The lowest BCUT2D eigenvalue weighted by Gasteiger charge is -2.49. The van der Waals surface area contributed by atoms with Crippen molar-refractivity contribution in [3.8, 4) is 0 Å². The van der Waals surface area contributed by atoms with Gasteiger partial charge in [0.25, 0.3) is 0 Å². The largest absolute Gasteiger partial charge is 0.393 e. The minimum atomic E-state index is -0.113. The van der Waals surface area contributed by atoms with Crippen molar-refractivity contribution >= 4 is 0 Å². The maximum atomic E-state index is 10.3. The van der Waals surface area contributed by atoms with Gasteiger partial charge in [-0.2, -0.15) is 0 Å². The molecule has 0 aromatic rings. The van der Waals surface area contributed by atoms with Crippen molar-refractivity contribution in [3.05, 3.63) is 22.8 Å². The molecule has 4 heteroatoms. The molecule has 0 amide bonds. The van der Waals surface area contributed by atoms with Gasteiger partial charge in [0.2, 0.25) is 0 Å². The van der Waals surface area contributed by atoms with Crippen LogP contribution >= 0.6 is 0 Å². The Balaban J connectivity index is 1.25. The van der Waals surface area contributed by atoms with Crippen LogP contribution in [0.3, 0.4) is 0 Å². The lowest BCUT2D eigenvalue weighted by Crippen LogP contribution is -2.53. The smallest absolute Gasteiger partial charge is 0.0765 e. The summed E-state index contributed by atoms with van der Waals surface area (Å²) in [5, 5.41) is 10.3. The molecule has 6 aliphatic rings. The summed E-state index contributed by atoms with van der Waals surface area (Å²) in [6, 6.07) is 0.581. The van der Waals surface area contributed by atoms with Gasteiger partial charge in [0.05, 0.1) is 17.8 Å². The summed E-state index contributed by atoms with van der Waals surface area (Å²) in [4.78, 5) is 5.13. The van der Waals surface area contributed by atoms with E-state index < -0.39 is 0 Å². The molecule has 4 nitrogen and oxygen atoms in total. The minimum Gasteiger partial charge on any atom is -0.393 e. The summed E-state index contributed by atoms with van der Waals surface area (Å²) in [5.74, 6) is 3.64. The Hall–Kier alpha value is -0.680. The van der Waals surface area contributed by atoms with E-state index in [1.54, 1.807) is 11.1 Å². The number of ether oxygens (including phenoxy) is 1. The van der Waals surface area contributed by atoms with Crippen molar-refractivity contribution in [1.29, 1.82) is 0 Å². The Morgan fingerprint density at radius 1 is 1.17 bits per heavy atom.